The lowest BCUT2D eigenvalue weighted by Crippen LogP contribution is -2.46. The number of fused-ring (bicyclic) bond motifs is 1. The second kappa shape index (κ2) is 11.9. The number of piperidine rings is 1. The van der Waals surface area contributed by atoms with E-state index >= 15 is 0 Å². The van der Waals surface area contributed by atoms with E-state index in [1.165, 1.54) is 37.6 Å². The first-order valence-corrected chi connectivity index (χ1v) is 16.8. The van der Waals surface area contributed by atoms with Crippen LogP contribution in [0.5, 0.6) is 0 Å². The molecule has 0 spiro atoms. The molecule has 5 rings (SSSR count). The van der Waals surface area contributed by atoms with Crippen LogP contribution in [-0.4, -0.2) is 63.8 Å². The Morgan fingerprint density at radius 1 is 0.860 bits per heavy atom. The predicted octanol–water partition coefficient (Wildman–Crippen LogP) is 4.37. The van der Waals surface area contributed by atoms with Crippen molar-refractivity contribution in [1.82, 2.24) is 13.6 Å². The molecule has 0 saturated carbocycles. The zero-order valence-corrected chi connectivity index (χ0v) is 25.7. The number of carbonyl (C=O) groups is 2. The lowest BCUT2D eigenvalue weighted by Gasteiger charge is -2.32. The van der Waals surface area contributed by atoms with E-state index in [9.17, 15) is 26.4 Å². The first-order chi connectivity index (χ1) is 20.4. The van der Waals surface area contributed by atoms with Gasteiger partial charge >= 0.3 is 5.97 Å². The molecule has 0 radical (unpaired) electrons. The number of methoxy groups -OCH3 is 1. The minimum Gasteiger partial charge on any atom is -0.465 e. The molecule has 1 amide bonds. The van der Waals surface area contributed by atoms with E-state index in [1.807, 2.05) is 19.9 Å². The number of hydrogen-bond acceptors (Lipinski definition) is 7. The molecule has 1 aliphatic heterocycles. The van der Waals surface area contributed by atoms with Crippen LogP contribution >= 0.6 is 0 Å². The number of benzene rings is 3. The van der Waals surface area contributed by atoms with Crippen molar-refractivity contribution in [2.75, 3.05) is 20.2 Å². The summed E-state index contributed by atoms with van der Waals surface area (Å²) < 4.78 is 63.5. The van der Waals surface area contributed by atoms with Crippen LogP contribution in [0, 0.1) is 0 Å². The first kappa shape index (κ1) is 30.5. The van der Waals surface area contributed by atoms with E-state index in [4.69, 9.17) is 4.74 Å². The van der Waals surface area contributed by atoms with E-state index in [0.717, 1.165) is 9.54 Å². The van der Waals surface area contributed by atoms with Gasteiger partial charge in [0.15, 0.2) is 0 Å². The summed E-state index contributed by atoms with van der Waals surface area (Å²) >= 11 is 0. The molecule has 0 bridgehead atoms. The number of amides is 1. The number of rotatable bonds is 8. The molecule has 12 heteroatoms. The maximum Gasteiger partial charge on any atom is 0.337 e. The highest BCUT2D eigenvalue weighted by Crippen LogP contribution is 2.35. The fraction of sp³-hybridized carbons (Fsp3) is 0.290. The van der Waals surface area contributed by atoms with Gasteiger partial charge < -0.3 is 9.64 Å². The number of nitrogens with one attached hydrogen (secondary N) is 1. The van der Waals surface area contributed by atoms with Gasteiger partial charge in [-0.2, -0.15) is 0 Å². The first-order valence-electron chi connectivity index (χ1n) is 13.9. The third-order valence-electron chi connectivity index (χ3n) is 7.66. The van der Waals surface area contributed by atoms with Crippen molar-refractivity contribution in [2.24, 2.45) is 0 Å². The molecular weight excluding hydrogens is 590 g/mol. The van der Waals surface area contributed by atoms with Gasteiger partial charge in [-0.1, -0.05) is 44.2 Å². The van der Waals surface area contributed by atoms with Gasteiger partial charge in [0.1, 0.15) is 4.90 Å². The molecule has 0 unspecified atom stereocenters. The van der Waals surface area contributed by atoms with Crippen molar-refractivity contribution in [3.05, 3.63) is 95.7 Å². The summed E-state index contributed by atoms with van der Waals surface area (Å²) in [6.45, 7) is 4.51. The standard InChI is InChI=1S/C31H33N3O7S2/c1-21(2)26-10-7-11-27-29(26)28(20-34(27)43(39,40)25-8-5-4-6-9-25)42(37,38)32-24-16-18-33(19-17-24)30(35)22-12-14-23(15-13-22)31(36)41-3/h4-15,20-21,24,32H,16-19H2,1-3H3. The van der Waals surface area contributed by atoms with Gasteiger partial charge in [0.25, 0.3) is 15.9 Å². The van der Waals surface area contributed by atoms with Crippen molar-refractivity contribution >= 4 is 42.8 Å². The second-order valence-corrected chi connectivity index (χ2v) is 14.3. The third-order valence-corrected chi connectivity index (χ3v) is 10.9. The summed E-state index contributed by atoms with van der Waals surface area (Å²) in [5.41, 5.74) is 1.76. The van der Waals surface area contributed by atoms with E-state index in [0.29, 0.717) is 42.4 Å². The van der Waals surface area contributed by atoms with Gasteiger partial charge in [-0.25, -0.2) is 30.3 Å². The smallest absolute Gasteiger partial charge is 0.337 e. The monoisotopic (exact) mass is 623 g/mol. The van der Waals surface area contributed by atoms with Crippen LogP contribution < -0.4 is 4.72 Å². The Labute approximate surface area is 251 Å². The van der Waals surface area contributed by atoms with E-state index in [2.05, 4.69) is 4.72 Å². The summed E-state index contributed by atoms with van der Waals surface area (Å²) in [7, 11) is -6.94. The molecular formula is C31H33N3O7S2. The Morgan fingerprint density at radius 2 is 1.49 bits per heavy atom. The predicted molar refractivity (Wildman–Crippen MR) is 162 cm³/mol. The van der Waals surface area contributed by atoms with Gasteiger partial charge in [-0.05, 0) is 66.8 Å². The molecule has 226 valence electrons. The highest BCUT2D eigenvalue weighted by Gasteiger charge is 2.32. The van der Waals surface area contributed by atoms with Crippen LogP contribution in [0.2, 0.25) is 0 Å². The van der Waals surface area contributed by atoms with Gasteiger partial charge in [0.05, 0.1) is 23.1 Å². The maximum atomic E-state index is 13.9. The quantitative estimate of drug-likeness (QED) is 0.288. The third kappa shape index (κ3) is 5.95. The van der Waals surface area contributed by atoms with Crippen molar-refractivity contribution in [3.63, 3.8) is 0 Å². The molecule has 1 N–H and O–H groups in total. The molecule has 0 atom stereocenters. The Bertz CT molecular complexity index is 1870. The van der Waals surface area contributed by atoms with E-state index in [1.54, 1.807) is 47.4 Å². The van der Waals surface area contributed by atoms with Crippen LogP contribution in [0.1, 0.15) is 58.9 Å². The fourth-order valence-electron chi connectivity index (χ4n) is 5.37. The molecule has 1 fully saturated rings. The summed E-state index contributed by atoms with van der Waals surface area (Å²) in [6.07, 6.45) is 1.95. The van der Waals surface area contributed by atoms with Gasteiger partial charge in [0, 0.05) is 36.3 Å². The van der Waals surface area contributed by atoms with Crippen LogP contribution in [0.25, 0.3) is 10.9 Å². The highest BCUT2D eigenvalue weighted by atomic mass is 32.2. The minimum atomic E-state index is -4.15. The van der Waals surface area contributed by atoms with Crippen LogP contribution in [0.3, 0.4) is 0 Å². The molecule has 10 nitrogen and oxygen atoms in total. The Morgan fingerprint density at radius 3 is 2.09 bits per heavy atom. The molecule has 1 aromatic heterocycles. The number of sulfonamides is 1. The normalized spacial score (nSPS) is 14.7. The number of ether oxygens (including phenoxy) is 1. The average Bonchev–Trinajstić information content (AvgIpc) is 3.43. The Hall–Kier alpha value is -4.00. The summed E-state index contributed by atoms with van der Waals surface area (Å²) in [5, 5.41) is 0.368. The number of aromatic nitrogens is 1. The van der Waals surface area contributed by atoms with Crippen molar-refractivity contribution in [2.45, 2.75) is 48.4 Å². The molecule has 0 aliphatic carbocycles. The number of hydrogen-bond donors (Lipinski definition) is 1. The minimum absolute atomic E-state index is 0.0516. The second-order valence-electron chi connectivity index (χ2n) is 10.8. The Kier molecular flexibility index (Phi) is 8.46. The zero-order valence-electron chi connectivity index (χ0n) is 24.1. The Balaban J connectivity index is 1.39. The van der Waals surface area contributed by atoms with Crippen LogP contribution in [0.4, 0.5) is 0 Å². The highest BCUT2D eigenvalue weighted by molar-refractivity contribution is 7.91. The molecule has 1 saturated heterocycles. The van der Waals surface area contributed by atoms with E-state index < -0.39 is 32.1 Å². The largest absolute Gasteiger partial charge is 0.465 e. The number of esters is 1. The topological polar surface area (TPSA) is 132 Å². The van der Waals surface area contributed by atoms with Crippen molar-refractivity contribution in [3.8, 4) is 0 Å². The number of carbonyl (C=O) groups excluding carboxylic acids is 2. The average molecular weight is 624 g/mol. The van der Waals surface area contributed by atoms with Gasteiger partial charge in [-0.15, -0.1) is 0 Å². The van der Waals surface area contributed by atoms with E-state index in [-0.39, 0.29) is 27.1 Å². The molecule has 3 aromatic carbocycles. The summed E-state index contributed by atoms with van der Waals surface area (Å²) in [4.78, 5) is 26.3. The molecule has 2 heterocycles. The number of nitrogens with zero attached hydrogens (tertiary/aromatic N) is 2. The molecule has 43 heavy (non-hydrogen) atoms. The number of likely N-dealkylation sites (tertiary alicyclic amines) is 1. The SMILES string of the molecule is COC(=O)c1ccc(C(=O)N2CCC(NS(=O)(=O)c3cn(S(=O)(=O)c4ccccc4)c4cccc(C(C)C)c34)CC2)cc1. The lowest BCUT2D eigenvalue weighted by atomic mass is 9.99. The zero-order chi connectivity index (χ0) is 30.9. The van der Waals surface area contributed by atoms with Crippen molar-refractivity contribution < 1.29 is 31.2 Å². The molecule has 1 aliphatic rings. The molecule has 4 aromatic rings. The maximum absolute atomic E-state index is 13.9. The van der Waals surface area contributed by atoms with Crippen LogP contribution in [0.15, 0.2) is 88.8 Å². The van der Waals surface area contributed by atoms with Crippen molar-refractivity contribution in [1.29, 1.82) is 0 Å². The summed E-state index contributed by atoms with van der Waals surface area (Å²) in [6, 6.07) is 18.8. The lowest BCUT2D eigenvalue weighted by molar-refractivity contribution is 0.0599. The van der Waals surface area contributed by atoms with Gasteiger partial charge in [0.2, 0.25) is 10.0 Å². The van der Waals surface area contributed by atoms with Gasteiger partial charge in [-0.3, -0.25) is 4.79 Å². The van der Waals surface area contributed by atoms with Crippen LogP contribution in [-0.2, 0) is 24.8 Å². The summed E-state index contributed by atoms with van der Waals surface area (Å²) in [5.74, 6) is -0.772. The fourth-order valence-corrected chi connectivity index (χ4v) is 8.36.